The number of sulfonamides is 1. The normalized spacial score (nSPS) is 14.3. The van der Waals surface area contributed by atoms with Crippen LogP contribution in [-0.2, 0) is 24.3 Å². The van der Waals surface area contributed by atoms with Gasteiger partial charge in [-0.3, -0.25) is 15.0 Å². The van der Waals surface area contributed by atoms with Gasteiger partial charge in [0.15, 0.2) is 0 Å². The van der Waals surface area contributed by atoms with Crippen LogP contribution in [0.1, 0.15) is 72.8 Å². The number of unbranched alkanes of at least 4 members (excludes halogenated alkanes) is 1. The quantitative estimate of drug-likeness (QED) is 0.321. The van der Waals surface area contributed by atoms with Crippen LogP contribution in [0, 0.1) is 17.8 Å². The molecule has 0 saturated carbocycles. The van der Waals surface area contributed by atoms with Crippen LogP contribution in [0.3, 0.4) is 0 Å². The number of nitrogens with one attached hydrogen (secondary N) is 2. The lowest BCUT2D eigenvalue weighted by Gasteiger charge is -2.29. The molecular formula is C25H40N2O5S. The van der Waals surface area contributed by atoms with E-state index in [1.54, 1.807) is 20.8 Å². The summed E-state index contributed by atoms with van der Waals surface area (Å²) >= 11 is 0. The number of hydrogen-bond acceptors (Lipinski definition) is 5. The van der Waals surface area contributed by atoms with Gasteiger partial charge in [0.25, 0.3) is 0 Å². The molecule has 1 amide bonds. The van der Waals surface area contributed by atoms with Crippen LogP contribution < -0.4 is 10.3 Å². The highest BCUT2D eigenvalue weighted by atomic mass is 32.2. The monoisotopic (exact) mass is 480 g/mol. The molecule has 0 aliphatic heterocycles. The molecule has 0 radical (unpaired) electrons. The molecule has 2 atom stereocenters. The van der Waals surface area contributed by atoms with E-state index in [1.807, 2.05) is 63.3 Å². The standard InChI is InChI=1S/C25H40N2O5S/c1-7-8-17-33(30,31)27-26-23(28)22(18-19(2)3)21(24(29)32-25(4,5)6)16-12-15-20-13-10-9-11-14-20/h9-15,19,21-22,27H,7-8,16-18H2,1-6H3,(H,26,28)/b15-12+/t21-,22+/m0/s1. The molecule has 0 heterocycles. The van der Waals surface area contributed by atoms with E-state index in [-0.39, 0.29) is 18.1 Å². The van der Waals surface area contributed by atoms with E-state index in [4.69, 9.17) is 4.74 Å². The zero-order valence-corrected chi connectivity index (χ0v) is 21.6. The highest BCUT2D eigenvalue weighted by Crippen LogP contribution is 2.28. The minimum atomic E-state index is -3.64. The Balaban J connectivity index is 3.11. The number of amides is 1. The smallest absolute Gasteiger partial charge is 0.310 e. The summed E-state index contributed by atoms with van der Waals surface area (Å²) in [6, 6.07) is 9.66. The summed E-state index contributed by atoms with van der Waals surface area (Å²) in [4.78, 5) is 28.3. The van der Waals surface area contributed by atoms with Gasteiger partial charge in [-0.1, -0.05) is 69.7 Å². The summed E-state index contributed by atoms with van der Waals surface area (Å²) < 4.78 is 29.9. The summed E-state index contributed by atoms with van der Waals surface area (Å²) in [6.07, 6.45) is 5.67. The fourth-order valence-corrected chi connectivity index (χ4v) is 4.31. The molecule has 0 aromatic heterocycles. The maximum atomic E-state index is 13.1. The lowest BCUT2D eigenvalue weighted by atomic mass is 9.82. The predicted octanol–water partition coefficient (Wildman–Crippen LogP) is 4.46. The number of hydrazine groups is 1. The maximum absolute atomic E-state index is 13.1. The van der Waals surface area contributed by atoms with Crippen molar-refractivity contribution in [2.75, 3.05) is 5.75 Å². The van der Waals surface area contributed by atoms with Crippen molar-refractivity contribution in [3.63, 3.8) is 0 Å². The Morgan fingerprint density at radius 3 is 2.27 bits per heavy atom. The second-order valence-electron chi connectivity index (χ2n) is 9.69. The first-order chi connectivity index (χ1) is 15.3. The van der Waals surface area contributed by atoms with Gasteiger partial charge >= 0.3 is 5.97 Å². The van der Waals surface area contributed by atoms with Gasteiger partial charge in [-0.05, 0) is 51.5 Å². The average Bonchev–Trinajstić information content (AvgIpc) is 2.71. The number of rotatable bonds is 13. The lowest BCUT2D eigenvalue weighted by Crippen LogP contribution is -2.48. The molecule has 2 N–H and O–H groups in total. The van der Waals surface area contributed by atoms with Crippen LogP contribution in [-0.4, -0.2) is 31.6 Å². The van der Waals surface area contributed by atoms with Crippen molar-refractivity contribution < 1.29 is 22.7 Å². The van der Waals surface area contributed by atoms with E-state index in [0.717, 1.165) is 12.0 Å². The fourth-order valence-electron chi connectivity index (χ4n) is 3.29. The first-order valence-electron chi connectivity index (χ1n) is 11.6. The molecule has 0 spiro atoms. The zero-order chi connectivity index (χ0) is 25.1. The molecule has 186 valence electrons. The minimum Gasteiger partial charge on any atom is -0.460 e. The number of benzene rings is 1. The molecular weight excluding hydrogens is 440 g/mol. The van der Waals surface area contributed by atoms with Gasteiger partial charge in [0.2, 0.25) is 15.9 Å². The van der Waals surface area contributed by atoms with Crippen LogP contribution in [0.2, 0.25) is 0 Å². The SMILES string of the molecule is CCCCS(=O)(=O)NNC(=O)[C@H](CC(C)C)[C@H](C/C=C/c1ccccc1)C(=O)OC(C)(C)C. The molecule has 0 saturated heterocycles. The Hall–Kier alpha value is -2.19. The number of carbonyl (C=O) groups excluding carboxylic acids is 2. The molecule has 0 bridgehead atoms. The molecule has 0 unspecified atom stereocenters. The van der Waals surface area contributed by atoms with Crippen molar-refractivity contribution in [1.29, 1.82) is 0 Å². The Morgan fingerprint density at radius 1 is 1.09 bits per heavy atom. The van der Waals surface area contributed by atoms with Crippen LogP contribution in [0.15, 0.2) is 36.4 Å². The fraction of sp³-hybridized carbons (Fsp3) is 0.600. The lowest BCUT2D eigenvalue weighted by molar-refractivity contribution is -0.164. The molecule has 0 fully saturated rings. The Labute approximate surface area is 199 Å². The van der Waals surface area contributed by atoms with E-state index in [9.17, 15) is 18.0 Å². The van der Waals surface area contributed by atoms with Crippen molar-refractivity contribution in [2.45, 2.75) is 72.8 Å². The van der Waals surface area contributed by atoms with Gasteiger partial charge in [-0.2, -0.15) is 0 Å². The first kappa shape index (κ1) is 28.8. The Morgan fingerprint density at radius 2 is 1.73 bits per heavy atom. The summed E-state index contributed by atoms with van der Waals surface area (Å²) in [5.41, 5.74) is 2.61. The third-order valence-corrected chi connectivity index (χ3v) is 6.09. The predicted molar refractivity (Wildman–Crippen MR) is 132 cm³/mol. The van der Waals surface area contributed by atoms with Crippen LogP contribution in [0.25, 0.3) is 6.08 Å². The van der Waals surface area contributed by atoms with Gasteiger partial charge in [0.1, 0.15) is 5.60 Å². The highest BCUT2D eigenvalue weighted by molar-refractivity contribution is 7.89. The Bertz CT molecular complexity index is 874. The average molecular weight is 481 g/mol. The van der Waals surface area contributed by atoms with Crippen LogP contribution in [0.5, 0.6) is 0 Å². The second-order valence-corrected chi connectivity index (χ2v) is 11.5. The van der Waals surface area contributed by atoms with E-state index in [0.29, 0.717) is 12.8 Å². The van der Waals surface area contributed by atoms with Crippen molar-refractivity contribution in [3.8, 4) is 0 Å². The largest absolute Gasteiger partial charge is 0.460 e. The van der Waals surface area contributed by atoms with Crippen molar-refractivity contribution in [3.05, 3.63) is 42.0 Å². The minimum absolute atomic E-state index is 0.0755. The number of hydrogen-bond donors (Lipinski definition) is 2. The van der Waals surface area contributed by atoms with Crippen molar-refractivity contribution in [2.24, 2.45) is 17.8 Å². The maximum Gasteiger partial charge on any atom is 0.310 e. The topological polar surface area (TPSA) is 102 Å². The number of carbonyl (C=O) groups is 2. The third kappa shape index (κ3) is 12.0. The number of esters is 1. The molecule has 1 rings (SSSR count). The second kappa shape index (κ2) is 13.5. The molecule has 7 nitrogen and oxygen atoms in total. The van der Waals surface area contributed by atoms with Gasteiger partial charge in [-0.15, -0.1) is 4.83 Å². The van der Waals surface area contributed by atoms with Gasteiger partial charge in [0.05, 0.1) is 17.6 Å². The van der Waals surface area contributed by atoms with E-state index in [2.05, 4.69) is 10.3 Å². The summed E-state index contributed by atoms with van der Waals surface area (Å²) in [5.74, 6) is -2.49. The van der Waals surface area contributed by atoms with Crippen molar-refractivity contribution >= 4 is 28.0 Å². The third-order valence-electron chi connectivity index (χ3n) is 4.85. The molecule has 33 heavy (non-hydrogen) atoms. The zero-order valence-electron chi connectivity index (χ0n) is 20.8. The number of ether oxygens (including phenoxy) is 1. The van der Waals surface area contributed by atoms with Crippen LogP contribution >= 0.6 is 0 Å². The van der Waals surface area contributed by atoms with E-state index < -0.39 is 39.3 Å². The Kier molecular flexibility index (Phi) is 11.8. The molecule has 0 aliphatic rings. The summed E-state index contributed by atoms with van der Waals surface area (Å²) in [7, 11) is -3.64. The number of allylic oxidation sites excluding steroid dienone is 1. The van der Waals surface area contributed by atoms with Gasteiger partial charge < -0.3 is 4.74 Å². The van der Waals surface area contributed by atoms with Crippen molar-refractivity contribution in [1.82, 2.24) is 10.3 Å². The van der Waals surface area contributed by atoms with Gasteiger partial charge in [-0.25, -0.2) is 8.42 Å². The summed E-state index contributed by atoms with van der Waals surface area (Å²) in [5, 5.41) is 0. The van der Waals surface area contributed by atoms with E-state index >= 15 is 0 Å². The first-order valence-corrected chi connectivity index (χ1v) is 13.2. The molecule has 1 aromatic rings. The summed E-state index contributed by atoms with van der Waals surface area (Å²) in [6.45, 7) is 11.1. The molecule has 0 aliphatic carbocycles. The highest BCUT2D eigenvalue weighted by Gasteiger charge is 2.36. The molecule has 1 aromatic carbocycles. The van der Waals surface area contributed by atoms with E-state index in [1.165, 1.54) is 0 Å². The molecule has 8 heteroatoms. The van der Waals surface area contributed by atoms with Crippen LogP contribution in [0.4, 0.5) is 0 Å². The van der Waals surface area contributed by atoms with Gasteiger partial charge in [0, 0.05) is 0 Å².